The van der Waals surface area contributed by atoms with Gasteiger partial charge in [0.15, 0.2) is 0 Å². The maximum Gasteiger partial charge on any atom is 0.123 e. The molecule has 2 rings (SSSR count). The molecule has 0 spiro atoms. The molecule has 0 aliphatic carbocycles. The third kappa shape index (κ3) is 2.54. The highest BCUT2D eigenvalue weighted by molar-refractivity contribution is 7.15. The van der Waals surface area contributed by atoms with Gasteiger partial charge in [-0.15, -0.1) is 11.3 Å². The van der Waals surface area contributed by atoms with Crippen molar-refractivity contribution in [2.45, 2.75) is 20.4 Å². The van der Waals surface area contributed by atoms with Gasteiger partial charge in [0, 0.05) is 17.0 Å². The molecule has 1 heterocycles. The van der Waals surface area contributed by atoms with E-state index in [1.54, 1.807) is 18.4 Å². The van der Waals surface area contributed by atoms with Crippen LogP contribution in [0, 0.1) is 13.8 Å². The third-order valence-corrected chi connectivity index (χ3v) is 3.94. The van der Waals surface area contributed by atoms with E-state index in [-0.39, 0.29) is 0 Å². The van der Waals surface area contributed by atoms with E-state index in [2.05, 4.69) is 36.3 Å². The molecule has 1 aromatic heterocycles. The number of rotatable bonds is 4. The SMILES string of the molecule is CNCc1nc(-c2ccc(OC)c(C)c2)sc1C. The van der Waals surface area contributed by atoms with E-state index < -0.39 is 0 Å². The fraction of sp³-hybridized carbons (Fsp3) is 0.357. The van der Waals surface area contributed by atoms with Crippen molar-refractivity contribution in [3.8, 4) is 16.3 Å². The molecular formula is C14H18N2OS. The average molecular weight is 262 g/mol. The summed E-state index contributed by atoms with van der Waals surface area (Å²) < 4.78 is 5.28. The number of benzene rings is 1. The van der Waals surface area contributed by atoms with Gasteiger partial charge in [0.05, 0.1) is 12.8 Å². The number of nitrogens with zero attached hydrogens (tertiary/aromatic N) is 1. The minimum absolute atomic E-state index is 0.817. The van der Waals surface area contributed by atoms with Crippen molar-refractivity contribution in [1.29, 1.82) is 0 Å². The highest BCUT2D eigenvalue weighted by Crippen LogP contribution is 2.30. The lowest BCUT2D eigenvalue weighted by Gasteiger charge is -2.05. The molecule has 0 saturated carbocycles. The Labute approximate surface area is 112 Å². The quantitative estimate of drug-likeness (QED) is 0.919. The van der Waals surface area contributed by atoms with E-state index in [1.165, 1.54) is 4.88 Å². The first kappa shape index (κ1) is 13.1. The summed E-state index contributed by atoms with van der Waals surface area (Å²) in [4.78, 5) is 5.95. The first-order valence-corrected chi connectivity index (χ1v) is 6.73. The molecule has 0 aliphatic rings. The van der Waals surface area contributed by atoms with E-state index in [1.807, 2.05) is 13.1 Å². The zero-order chi connectivity index (χ0) is 13.1. The molecule has 0 aliphatic heterocycles. The van der Waals surface area contributed by atoms with E-state index in [9.17, 15) is 0 Å². The lowest BCUT2D eigenvalue weighted by atomic mass is 10.1. The molecule has 2 aromatic rings. The van der Waals surface area contributed by atoms with Crippen molar-refractivity contribution in [2.75, 3.05) is 14.2 Å². The van der Waals surface area contributed by atoms with E-state index in [0.717, 1.165) is 34.1 Å². The van der Waals surface area contributed by atoms with E-state index in [4.69, 9.17) is 4.74 Å². The van der Waals surface area contributed by atoms with Gasteiger partial charge in [0.25, 0.3) is 0 Å². The van der Waals surface area contributed by atoms with Crippen LogP contribution in [-0.2, 0) is 6.54 Å². The Kier molecular flexibility index (Phi) is 3.99. The highest BCUT2D eigenvalue weighted by Gasteiger charge is 2.10. The Hall–Kier alpha value is -1.39. The molecule has 0 unspecified atom stereocenters. The van der Waals surface area contributed by atoms with Crippen LogP contribution in [-0.4, -0.2) is 19.1 Å². The summed E-state index contributed by atoms with van der Waals surface area (Å²) in [6.07, 6.45) is 0. The third-order valence-electron chi connectivity index (χ3n) is 2.88. The summed E-state index contributed by atoms with van der Waals surface area (Å²) in [7, 11) is 3.64. The van der Waals surface area contributed by atoms with E-state index in [0.29, 0.717) is 0 Å². The van der Waals surface area contributed by atoms with Gasteiger partial charge in [-0.3, -0.25) is 0 Å². The smallest absolute Gasteiger partial charge is 0.123 e. The van der Waals surface area contributed by atoms with Crippen LogP contribution in [0.25, 0.3) is 10.6 Å². The van der Waals surface area contributed by atoms with Crippen LogP contribution in [0.1, 0.15) is 16.1 Å². The molecule has 4 heteroatoms. The maximum absolute atomic E-state index is 5.28. The average Bonchev–Trinajstić information content (AvgIpc) is 2.71. The van der Waals surface area contributed by atoms with Crippen LogP contribution in [0.3, 0.4) is 0 Å². The summed E-state index contributed by atoms with van der Waals surface area (Å²) in [5, 5.41) is 4.22. The predicted octanol–water partition coefficient (Wildman–Crippen LogP) is 3.15. The van der Waals surface area contributed by atoms with Crippen LogP contribution >= 0.6 is 11.3 Å². The van der Waals surface area contributed by atoms with Crippen molar-refractivity contribution < 1.29 is 4.74 Å². The second kappa shape index (κ2) is 5.50. The van der Waals surface area contributed by atoms with Gasteiger partial charge in [-0.25, -0.2) is 4.98 Å². The number of hydrogen-bond acceptors (Lipinski definition) is 4. The fourth-order valence-electron chi connectivity index (χ4n) is 1.89. The van der Waals surface area contributed by atoms with Gasteiger partial charge in [0.1, 0.15) is 10.8 Å². The maximum atomic E-state index is 5.28. The molecule has 0 saturated heterocycles. The van der Waals surface area contributed by atoms with Crippen LogP contribution in [0.4, 0.5) is 0 Å². The van der Waals surface area contributed by atoms with Gasteiger partial charge in [0.2, 0.25) is 0 Å². The zero-order valence-electron chi connectivity index (χ0n) is 11.2. The van der Waals surface area contributed by atoms with Gasteiger partial charge < -0.3 is 10.1 Å². The van der Waals surface area contributed by atoms with Gasteiger partial charge >= 0.3 is 0 Å². The summed E-state index contributed by atoms with van der Waals surface area (Å²) in [6, 6.07) is 6.19. The molecule has 1 N–H and O–H groups in total. The van der Waals surface area contributed by atoms with Crippen molar-refractivity contribution in [1.82, 2.24) is 10.3 Å². The lowest BCUT2D eigenvalue weighted by molar-refractivity contribution is 0.412. The standard InChI is InChI=1S/C14H18N2OS/c1-9-7-11(5-6-13(9)17-4)14-16-12(8-15-3)10(2)18-14/h5-7,15H,8H2,1-4H3. The summed E-state index contributed by atoms with van der Waals surface area (Å²) >= 11 is 1.74. The summed E-state index contributed by atoms with van der Waals surface area (Å²) in [5.41, 5.74) is 3.42. The van der Waals surface area contributed by atoms with Crippen molar-refractivity contribution in [3.05, 3.63) is 34.3 Å². The van der Waals surface area contributed by atoms with E-state index >= 15 is 0 Å². The monoisotopic (exact) mass is 262 g/mol. The molecule has 1 aromatic carbocycles. The van der Waals surface area contributed by atoms with Crippen molar-refractivity contribution >= 4 is 11.3 Å². The zero-order valence-corrected chi connectivity index (χ0v) is 12.0. The van der Waals surface area contributed by atoms with Crippen LogP contribution in [0.5, 0.6) is 5.75 Å². The number of nitrogens with one attached hydrogen (secondary N) is 1. The number of aromatic nitrogens is 1. The lowest BCUT2D eigenvalue weighted by Crippen LogP contribution is -2.06. The Bertz CT molecular complexity index is 549. The second-order valence-electron chi connectivity index (χ2n) is 4.24. The first-order valence-electron chi connectivity index (χ1n) is 5.91. The molecule has 0 amide bonds. The minimum atomic E-state index is 0.817. The Morgan fingerprint density at radius 3 is 2.72 bits per heavy atom. The molecule has 0 bridgehead atoms. The minimum Gasteiger partial charge on any atom is -0.496 e. The Morgan fingerprint density at radius 2 is 2.11 bits per heavy atom. The molecule has 0 atom stereocenters. The molecule has 96 valence electrons. The fourth-order valence-corrected chi connectivity index (χ4v) is 2.82. The molecule has 0 radical (unpaired) electrons. The molecule has 3 nitrogen and oxygen atoms in total. The van der Waals surface area contributed by atoms with Gasteiger partial charge in [-0.2, -0.15) is 0 Å². The van der Waals surface area contributed by atoms with Crippen molar-refractivity contribution in [2.24, 2.45) is 0 Å². The van der Waals surface area contributed by atoms with Crippen molar-refractivity contribution in [3.63, 3.8) is 0 Å². The largest absolute Gasteiger partial charge is 0.496 e. The molecule has 0 fully saturated rings. The number of hydrogen-bond donors (Lipinski definition) is 1. The second-order valence-corrected chi connectivity index (χ2v) is 5.44. The number of thiazole rings is 1. The summed E-state index contributed by atoms with van der Waals surface area (Å²) in [6.45, 7) is 4.99. The van der Waals surface area contributed by atoms with Crippen LogP contribution in [0.2, 0.25) is 0 Å². The summed E-state index contributed by atoms with van der Waals surface area (Å²) in [5.74, 6) is 0.919. The Morgan fingerprint density at radius 1 is 1.33 bits per heavy atom. The number of methoxy groups -OCH3 is 1. The number of aryl methyl sites for hydroxylation is 2. The number of ether oxygens (including phenoxy) is 1. The Balaban J connectivity index is 2.36. The normalized spacial score (nSPS) is 10.7. The predicted molar refractivity (Wildman–Crippen MR) is 76.3 cm³/mol. The van der Waals surface area contributed by atoms with Gasteiger partial charge in [-0.05, 0) is 44.7 Å². The van der Waals surface area contributed by atoms with Gasteiger partial charge in [-0.1, -0.05) is 0 Å². The molecule has 18 heavy (non-hydrogen) atoms. The molecular weight excluding hydrogens is 244 g/mol. The first-order chi connectivity index (χ1) is 8.65. The van der Waals surface area contributed by atoms with Crippen LogP contribution < -0.4 is 10.1 Å². The topological polar surface area (TPSA) is 34.2 Å². The van der Waals surface area contributed by atoms with Crippen LogP contribution in [0.15, 0.2) is 18.2 Å². The highest BCUT2D eigenvalue weighted by atomic mass is 32.1.